The third kappa shape index (κ3) is 3.60. The van der Waals surface area contributed by atoms with Gasteiger partial charge in [0, 0.05) is 7.05 Å². The number of likely N-dealkylation sites (N-methyl/N-ethyl adjacent to an activating group) is 1. The lowest BCUT2D eigenvalue weighted by molar-refractivity contribution is -0.137. The molecule has 0 aliphatic carbocycles. The molecule has 0 aliphatic heterocycles. The molecule has 0 bridgehead atoms. The van der Waals surface area contributed by atoms with Crippen molar-refractivity contribution in [1.29, 1.82) is 0 Å². The van der Waals surface area contributed by atoms with Crippen LogP contribution >= 0.6 is 0 Å². The highest BCUT2D eigenvalue weighted by Crippen LogP contribution is 2.26. The van der Waals surface area contributed by atoms with Crippen molar-refractivity contribution in [1.82, 2.24) is 4.90 Å². The number of aliphatic carboxylic acids is 1. The fourth-order valence-corrected chi connectivity index (χ4v) is 1.97. The molecule has 108 valence electrons. The Morgan fingerprint density at radius 2 is 1.33 bits per heavy atom. The molecule has 0 aromatic heterocycles. The second-order valence-electron chi connectivity index (χ2n) is 4.54. The van der Waals surface area contributed by atoms with Crippen LogP contribution in [0.1, 0.15) is 0 Å². The number of amides is 2. The largest absolute Gasteiger partial charge is 0.480 e. The van der Waals surface area contributed by atoms with Crippen LogP contribution in [0, 0.1) is 0 Å². The average molecular weight is 284 g/mol. The van der Waals surface area contributed by atoms with E-state index in [1.807, 2.05) is 36.4 Å². The quantitative estimate of drug-likeness (QED) is 0.939. The summed E-state index contributed by atoms with van der Waals surface area (Å²) in [5, 5.41) is 8.84. The van der Waals surface area contributed by atoms with Crippen LogP contribution in [0.5, 0.6) is 0 Å². The number of hydrogen-bond donors (Lipinski definition) is 1. The maximum Gasteiger partial charge on any atom is 0.329 e. The highest BCUT2D eigenvalue weighted by molar-refractivity contribution is 6.00. The molecule has 0 heterocycles. The van der Waals surface area contributed by atoms with E-state index < -0.39 is 12.0 Å². The van der Waals surface area contributed by atoms with Gasteiger partial charge in [0.15, 0.2) is 0 Å². The molecular formula is C16H16N2O3. The summed E-state index contributed by atoms with van der Waals surface area (Å²) >= 11 is 0. The van der Waals surface area contributed by atoms with Crippen molar-refractivity contribution in [2.75, 3.05) is 18.5 Å². The van der Waals surface area contributed by atoms with Crippen LogP contribution in [-0.2, 0) is 4.79 Å². The zero-order valence-electron chi connectivity index (χ0n) is 11.6. The van der Waals surface area contributed by atoms with E-state index in [1.54, 1.807) is 24.3 Å². The van der Waals surface area contributed by atoms with Gasteiger partial charge in [0.05, 0.1) is 11.4 Å². The van der Waals surface area contributed by atoms with Gasteiger partial charge in [-0.2, -0.15) is 0 Å². The van der Waals surface area contributed by atoms with Gasteiger partial charge in [-0.3, -0.25) is 9.69 Å². The van der Waals surface area contributed by atoms with Gasteiger partial charge in [-0.05, 0) is 24.3 Å². The number of carboxylic acids is 1. The lowest BCUT2D eigenvalue weighted by atomic mass is 10.2. The molecule has 0 saturated carbocycles. The lowest BCUT2D eigenvalue weighted by Crippen LogP contribution is -2.41. The topological polar surface area (TPSA) is 60.9 Å². The van der Waals surface area contributed by atoms with Crippen molar-refractivity contribution in [3.05, 3.63) is 60.7 Å². The third-order valence-corrected chi connectivity index (χ3v) is 2.92. The Morgan fingerprint density at radius 3 is 1.71 bits per heavy atom. The smallest absolute Gasteiger partial charge is 0.329 e. The molecule has 0 aliphatic rings. The number of carboxylic acid groups (broad SMARTS) is 1. The van der Waals surface area contributed by atoms with Crippen molar-refractivity contribution in [3.63, 3.8) is 0 Å². The van der Waals surface area contributed by atoms with Crippen LogP contribution in [0.15, 0.2) is 60.7 Å². The predicted octanol–water partition coefficient (Wildman–Crippen LogP) is 2.96. The van der Waals surface area contributed by atoms with Gasteiger partial charge in [0.2, 0.25) is 0 Å². The van der Waals surface area contributed by atoms with Crippen molar-refractivity contribution < 1.29 is 14.7 Å². The highest BCUT2D eigenvalue weighted by Gasteiger charge is 2.22. The molecular weight excluding hydrogens is 268 g/mol. The zero-order chi connectivity index (χ0) is 15.2. The van der Waals surface area contributed by atoms with Gasteiger partial charge < -0.3 is 10.0 Å². The molecule has 2 amide bonds. The van der Waals surface area contributed by atoms with E-state index in [9.17, 15) is 9.59 Å². The summed E-state index contributed by atoms with van der Waals surface area (Å²) in [6.07, 6.45) is 0. The van der Waals surface area contributed by atoms with Gasteiger partial charge in [0.25, 0.3) is 0 Å². The number of urea groups is 1. The number of carbonyl (C=O) groups excluding carboxylic acids is 1. The minimum absolute atomic E-state index is 0.352. The van der Waals surface area contributed by atoms with E-state index in [4.69, 9.17) is 5.11 Å². The number of para-hydroxylation sites is 2. The van der Waals surface area contributed by atoms with E-state index in [0.29, 0.717) is 11.4 Å². The number of anilines is 2. The number of carbonyl (C=O) groups is 2. The van der Waals surface area contributed by atoms with E-state index in [1.165, 1.54) is 16.8 Å². The van der Waals surface area contributed by atoms with E-state index in [2.05, 4.69) is 0 Å². The molecule has 0 atom stereocenters. The monoisotopic (exact) mass is 284 g/mol. The van der Waals surface area contributed by atoms with Crippen molar-refractivity contribution in [2.45, 2.75) is 0 Å². The van der Waals surface area contributed by atoms with Crippen molar-refractivity contribution >= 4 is 23.4 Å². The number of hydrogen-bond acceptors (Lipinski definition) is 2. The molecule has 0 unspecified atom stereocenters. The maximum absolute atomic E-state index is 12.6. The second kappa shape index (κ2) is 6.56. The Hall–Kier alpha value is -2.82. The van der Waals surface area contributed by atoms with Crippen molar-refractivity contribution in [3.8, 4) is 0 Å². The molecule has 0 saturated heterocycles. The predicted molar refractivity (Wildman–Crippen MR) is 80.7 cm³/mol. The summed E-state index contributed by atoms with van der Waals surface area (Å²) in [5.41, 5.74) is 1.37. The van der Waals surface area contributed by atoms with Crippen LogP contribution in [-0.4, -0.2) is 35.6 Å². The molecule has 2 aromatic carbocycles. The molecule has 0 radical (unpaired) electrons. The van der Waals surface area contributed by atoms with E-state index in [-0.39, 0.29) is 6.54 Å². The second-order valence-corrected chi connectivity index (χ2v) is 4.54. The van der Waals surface area contributed by atoms with E-state index >= 15 is 0 Å². The summed E-state index contributed by atoms with van der Waals surface area (Å²) in [6, 6.07) is 17.9. The molecule has 2 aromatic rings. The first-order valence-electron chi connectivity index (χ1n) is 6.46. The standard InChI is InChI=1S/C16H16N2O3/c1-17(12-15(19)20)16(21)18(13-8-4-2-5-9-13)14-10-6-3-7-11-14/h2-11H,12H2,1H3,(H,19,20). The molecule has 2 rings (SSSR count). The number of nitrogens with zero attached hydrogens (tertiary/aromatic N) is 2. The van der Waals surface area contributed by atoms with Crippen molar-refractivity contribution in [2.24, 2.45) is 0 Å². The zero-order valence-corrected chi connectivity index (χ0v) is 11.6. The Labute approximate surface area is 123 Å². The average Bonchev–Trinajstić information content (AvgIpc) is 2.49. The first-order valence-corrected chi connectivity index (χ1v) is 6.46. The Balaban J connectivity index is 2.37. The van der Waals surface area contributed by atoms with Gasteiger partial charge in [-0.25, -0.2) is 4.79 Å². The summed E-state index contributed by atoms with van der Waals surface area (Å²) in [7, 11) is 1.47. The Kier molecular flexibility index (Phi) is 4.56. The van der Waals surface area contributed by atoms with Crippen LogP contribution in [0.3, 0.4) is 0 Å². The van der Waals surface area contributed by atoms with Crippen LogP contribution in [0.4, 0.5) is 16.2 Å². The molecule has 5 heteroatoms. The number of benzene rings is 2. The van der Waals surface area contributed by atoms with E-state index in [0.717, 1.165) is 0 Å². The summed E-state index contributed by atoms with van der Waals surface area (Å²) in [4.78, 5) is 26.0. The summed E-state index contributed by atoms with van der Waals surface area (Å²) in [5.74, 6) is -1.05. The Morgan fingerprint density at radius 1 is 0.905 bits per heavy atom. The first kappa shape index (κ1) is 14.6. The molecule has 0 spiro atoms. The molecule has 0 fully saturated rings. The van der Waals surface area contributed by atoms with Gasteiger partial charge >= 0.3 is 12.0 Å². The first-order chi connectivity index (χ1) is 10.1. The highest BCUT2D eigenvalue weighted by atomic mass is 16.4. The minimum Gasteiger partial charge on any atom is -0.480 e. The molecule has 5 nitrogen and oxygen atoms in total. The van der Waals surface area contributed by atoms with Crippen LogP contribution < -0.4 is 4.90 Å². The fraction of sp³-hybridized carbons (Fsp3) is 0.125. The maximum atomic E-state index is 12.6. The minimum atomic E-state index is -1.05. The summed E-state index contributed by atoms with van der Waals surface area (Å²) < 4.78 is 0. The lowest BCUT2D eigenvalue weighted by Gasteiger charge is -2.27. The van der Waals surface area contributed by atoms with Gasteiger partial charge in [0.1, 0.15) is 6.54 Å². The summed E-state index contributed by atoms with van der Waals surface area (Å²) in [6.45, 7) is -0.352. The van der Waals surface area contributed by atoms with Gasteiger partial charge in [-0.15, -0.1) is 0 Å². The third-order valence-electron chi connectivity index (χ3n) is 2.92. The van der Waals surface area contributed by atoms with Crippen LogP contribution in [0.2, 0.25) is 0 Å². The fourth-order valence-electron chi connectivity index (χ4n) is 1.97. The number of rotatable bonds is 4. The molecule has 1 N–H and O–H groups in total. The van der Waals surface area contributed by atoms with Crippen LogP contribution in [0.25, 0.3) is 0 Å². The molecule has 21 heavy (non-hydrogen) atoms. The Bertz CT molecular complexity index is 574. The SMILES string of the molecule is CN(CC(=O)O)C(=O)N(c1ccccc1)c1ccccc1. The van der Waals surface area contributed by atoms with Gasteiger partial charge in [-0.1, -0.05) is 36.4 Å². The normalized spacial score (nSPS) is 9.95.